The summed E-state index contributed by atoms with van der Waals surface area (Å²) in [5.41, 5.74) is 0.928. The van der Waals surface area contributed by atoms with Crippen LogP contribution in [0.2, 0.25) is 0 Å². The molecule has 7 nitrogen and oxygen atoms in total. The Balaban J connectivity index is 1.19. The van der Waals surface area contributed by atoms with Crippen LogP contribution in [0.5, 0.6) is 0 Å². The largest absolute Gasteiger partial charge is 0.356 e. The molecular formula is C21H27N7. The van der Waals surface area contributed by atoms with Gasteiger partial charge >= 0.3 is 0 Å². The first-order valence-electron chi connectivity index (χ1n) is 10.3. The fourth-order valence-electron chi connectivity index (χ4n) is 4.58. The number of pyridine rings is 1. The third-order valence-electron chi connectivity index (χ3n) is 6.01. The van der Waals surface area contributed by atoms with Gasteiger partial charge in [-0.1, -0.05) is 6.07 Å². The van der Waals surface area contributed by atoms with Gasteiger partial charge in [0.05, 0.1) is 5.39 Å². The highest BCUT2D eigenvalue weighted by molar-refractivity contribution is 5.87. The normalized spacial score (nSPS) is 21.4. The molecule has 0 amide bonds. The number of aromatic nitrogens is 4. The van der Waals surface area contributed by atoms with E-state index in [1.54, 1.807) is 6.33 Å². The number of piperazine rings is 1. The zero-order valence-electron chi connectivity index (χ0n) is 16.2. The number of H-pyrrole nitrogens is 1. The topological polar surface area (TPSA) is 64.2 Å². The number of nitrogens with zero attached hydrogens (tertiary/aromatic N) is 6. The summed E-state index contributed by atoms with van der Waals surface area (Å²) in [4.78, 5) is 24.1. The molecule has 0 bridgehead atoms. The maximum absolute atomic E-state index is 4.60. The van der Waals surface area contributed by atoms with Crippen molar-refractivity contribution in [2.45, 2.75) is 12.8 Å². The lowest BCUT2D eigenvalue weighted by atomic mass is 9.97. The number of rotatable bonds is 4. The lowest BCUT2D eigenvalue weighted by Crippen LogP contribution is -2.50. The molecule has 2 aliphatic heterocycles. The molecule has 0 aliphatic carbocycles. The third kappa shape index (κ3) is 3.54. The number of hydrogen-bond donors (Lipinski definition) is 1. The molecule has 0 saturated carbocycles. The number of aromatic amines is 1. The molecule has 1 atom stereocenters. The van der Waals surface area contributed by atoms with Crippen LogP contribution in [0, 0.1) is 5.92 Å². The Labute approximate surface area is 165 Å². The van der Waals surface area contributed by atoms with Crippen LogP contribution >= 0.6 is 0 Å². The van der Waals surface area contributed by atoms with Gasteiger partial charge in [-0.15, -0.1) is 0 Å². The van der Waals surface area contributed by atoms with E-state index in [1.807, 2.05) is 18.5 Å². The summed E-state index contributed by atoms with van der Waals surface area (Å²) in [6, 6.07) is 8.25. The van der Waals surface area contributed by atoms with Gasteiger partial charge in [-0.05, 0) is 37.0 Å². The predicted octanol–water partition coefficient (Wildman–Crippen LogP) is 2.39. The molecule has 2 fully saturated rings. The summed E-state index contributed by atoms with van der Waals surface area (Å²) in [6.45, 7) is 7.69. The van der Waals surface area contributed by atoms with Crippen LogP contribution in [0.15, 0.2) is 43.0 Å². The first kappa shape index (κ1) is 17.4. The van der Waals surface area contributed by atoms with Gasteiger partial charge in [0.25, 0.3) is 0 Å². The van der Waals surface area contributed by atoms with Gasteiger partial charge in [0.2, 0.25) is 0 Å². The molecule has 0 spiro atoms. The van der Waals surface area contributed by atoms with Crippen LogP contribution in [0.25, 0.3) is 11.0 Å². The molecule has 2 aliphatic rings. The van der Waals surface area contributed by atoms with E-state index in [1.165, 1.54) is 19.4 Å². The van der Waals surface area contributed by atoms with Crippen molar-refractivity contribution >= 4 is 22.7 Å². The highest BCUT2D eigenvalue weighted by Crippen LogP contribution is 2.27. The second-order valence-corrected chi connectivity index (χ2v) is 7.87. The number of anilines is 2. The monoisotopic (exact) mass is 377 g/mol. The van der Waals surface area contributed by atoms with Gasteiger partial charge in [0, 0.05) is 58.2 Å². The first-order chi connectivity index (χ1) is 13.9. The highest BCUT2D eigenvalue weighted by Gasteiger charge is 2.26. The van der Waals surface area contributed by atoms with E-state index in [0.29, 0.717) is 5.92 Å². The molecule has 0 aromatic carbocycles. The molecule has 5 rings (SSSR count). The summed E-state index contributed by atoms with van der Waals surface area (Å²) >= 11 is 0. The fourth-order valence-corrected chi connectivity index (χ4v) is 4.58. The Morgan fingerprint density at radius 3 is 2.75 bits per heavy atom. The number of fused-ring (bicyclic) bond motifs is 1. The number of hydrogen-bond acceptors (Lipinski definition) is 6. The van der Waals surface area contributed by atoms with Gasteiger partial charge in [-0.25, -0.2) is 15.0 Å². The maximum atomic E-state index is 4.60. The molecule has 5 heterocycles. The summed E-state index contributed by atoms with van der Waals surface area (Å²) < 4.78 is 0. The van der Waals surface area contributed by atoms with E-state index in [0.717, 1.165) is 61.9 Å². The number of nitrogens with one attached hydrogen (secondary N) is 1. The highest BCUT2D eigenvalue weighted by atomic mass is 15.3. The fraction of sp³-hybridized carbons (Fsp3) is 0.476. The lowest BCUT2D eigenvalue weighted by Gasteiger charge is -2.40. The van der Waals surface area contributed by atoms with Crippen LogP contribution in [-0.4, -0.2) is 70.6 Å². The summed E-state index contributed by atoms with van der Waals surface area (Å²) in [5, 5.41) is 1.13. The first-order valence-corrected chi connectivity index (χ1v) is 10.3. The van der Waals surface area contributed by atoms with E-state index in [-0.39, 0.29) is 0 Å². The number of piperidine rings is 1. The second-order valence-electron chi connectivity index (χ2n) is 7.87. The molecule has 1 N–H and O–H groups in total. The van der Waals surface area contributed by atoms with E-state index in [4.69, 9.17) is 0 Å². The standard InChI is InChI=1S/C21H27N7/c1-2-7-22-19(5-1)27-12-10-26(11-13-27)14-17-4-3-9-28(15-17)21-18-6-8-23-20(18)24-16-25-21/h1-2,5-8,16-17H,3-4,9-15H2,(H,23,24,25)/t17-/m1/s1. The Morgan fingerprint density at radius 2 is 1.89 bits per heavy atom. The minimum Gasteiger partial charge on any atom is -0.356 e. The minimum atomic E-state index is 0.694. The SMILES string of the molecule is c1ccc(N2CCN(C[C@H]3CCCN(c4ncnc5[nH]ccc45)C3)CC2)nc1. The van der Waals surface area contributed by atoms with Crippen LogP contribution < -0.4 is 9.80 Å². The van der Waals surface area contributed by atoms with Gasteiger partial charge in [-0.2, -0.15) is 0 Å². The molecule has 7 heteroatoms. The van der Waals surface area contributed by atoms with Crippen molar-refractivity contribution < 1.29 is 0 Å². The third-order valence-corrected chi connectivity index (χ3v) is 6.01. The minimum absolute atomic E-state index is 0.694. The zero-order valence-corrected chi connectivity index (χ0v) is 16.2. The van der Waals surface area contributed by atoms with E-state index in [9.17, 15) is 0 Å². The summed E-state index contributed by atoms with van der Waals surface area (Å²) in [5.74, 6) is 2.88. The molecule has 0 radical (unpaired) electrons. The summed E-state index contributed by atoms with van der Waals surface area (Å²) in [6.07, 6.45) is 8.04. The molecular weight excluding hydrogens is 350 g/mol. The zero-order chi connectivity index (χ0) is 18.8. The van der Waals surface area contributed by atoms with Crippen molar-refractivity contribution in [3.8, 4) is 0 Å². The van der Waals surface area contributed by atoms with Crippen LogP contribution in [-0.2, 0) is 0 Å². The molecule has 28 heavy (non-hydrogen) atoms. The van der Waals surface area contributed by atoms with Gasteiger partial charge in [-0.3, -0.25) is 4.90 Å². The lowest BCUT2D eigenvalue weighted by molar-refractivity contribution is 0.205. The molecule has 3 aromatic rings. The average molecular weight is 377 g/mol. The Bertz CT molecular complexity index is 901. The predicted molar refractivity (Wildman–Crippen MR) is 112 cm³/mol. The van der Waals surface area contributed by atoms with Gasteiger partial charge in [0.15, 0.2) is 0 Å². The second kappa shape index (κ2) is 7.75. The van der Waals surface area contributed by atoms with Crippen molar-refractivity contribution in [3.63, 3.8) is 0 Å². The Kier molecular flexibility index (Phi) is 4.83. The van der Waals surface area contributed by atoms with Crippen molar-refractivity contribution in [2.24, 2.45) is 5.92 Å². The van der Waals surface area contributed by atoms with E-state index < -0.39 is 0 Å². The Morgan fingerprint density at radius 1 is 0.964 bits per heavy atom. The van der Waals surface area contributed by atoms with Crippen molar-refractivity contribution in [1.82, 2.24) is 24.8 Å². The summed E-state index contributed by atoms with van der Waals surface area (Å²) in [7, 11) is 0. The van der Waals surface area contributed by atoms with Crippen LogP contribution in [0.3, 0.4) is 0 Å². The molecule has 2 saturated heterocycles. The van der Waals surface area contributed by atoms with Crippen LogP contribution in [0.1, 0.15) is 12.8 Å². The maximum Gasteiger partial charge on any atom is 0.142 e. The van der Waals surface area contributed by atoms with Gasteiger partial charge < -0.3 is 14.8 Å². The van der Waals surface area contributed by atoms with Crippen molar-refractivity contribution in [1.29, 1.82) is 0 Å². The Hall–Kier alpha value is -2.67. The van der Waals surface area contributed by atoms with Crippen LogP contribution in [0.4, 0.5) is 11.6 Å². The molecule has 3 aromatic heterocycles. The van der Waals surface area contributed by atoms with E-state index in [2.05, 4.69) is 52.8 Å². The van der Waals surface area contributed by atoms with Gasteiger partial charge in [0.1, 0.15) is 23.6 Å². The average Bonchev–Trinajstić information content (AvgIpc) is 3.24. The quantitative estimate of drug-likeness (QED) is 0.753. The van der Waals surface area contributed by atoms with E-state index >= 15 is 0 Å². The van der Waals surface area contributed by atoms with Crippen molar-refractivity contribution in [2.75, 3.05) is 55.6 Å². The molecule has 146 valence electrons. The smallest absolute Gasteiger partial charge is 0.142 e. The van der Waals surface area contributed by atoms with Crippen molar-refractivity contribution in [3.05, 3.63) is 43.0 Å². The molecule has 0 unspecified atom stereocenters.